The molecule has 0 atom stereocenters. The van der Waals surface area contributed by atoms with Crippen molar-refractivity contribution in [2.75, 3.05) is 5.73 Å². The zero-order valence-electron chi connectivity index (χ0n) is 11.6. The Morgan fingerprint density at radius 1 is 1.19 bits per heavy atom. The summed E-state index contributed by atoms with van der Waals surface area (Å²) in [5.41, 5.74) is 10.3. The molecular formula is C16H14N4S. The molecule has 0 unspecified atom stereocenters. The monoisotopic (exact) mass is 294 g/mol. The standard InChI is InChI=1S/C16H14N4S/c1-10-6-7-21-14(10)9-20-15-11-4-2-3-5-12(11)18-8-13(15)19-16(20)17/h2-8H,9H2,1H3,(H2,17,19). The molecule has 21 heavy (non-hydrogen) atoms. The normalized spacial score (nSPS) is 11.5. The molecule has 0 bridgehead atoms. The Labute approximate surface area is 125 Å². The summed E-state index contributed by atoms with van der Waals surface area (Å²) in [4.78, 5) is 10.2. The van der Waals surface area contributed by atoms with E-state index in [2.05, 4.69) is 39.0 Å². The molecule has 4 nitrogen and oxygen atoms in total. The van der Waals surface area contributed by atoms with Crippen molar-refractivity contribution in [3.8, 4) is 0 Å². The third kappa shape index (κ3) is 1.89. The zero-order chi connectivity index (χ0) is 14.4. The van der Waals surface area contributed by atoms with Gasteiger partial charge in [-0.2, -0.15) is 0 Å². The Bertz CT molecular complexity index is 951. The minimum atomic E-state index is 0.538. The molecular weight excluding hydrogens is 280 g/mol. The van der Waals surface area contributed by atoms with Gasteiger partial charge in [-0.05, 0) is 30.0 Å². The van der Waals surface area contributed by atoms with Gasteiger partial charge in [-0.25, -0.2) is 4.98 Å². The van der Waals surface area contributed by atoms with E-state index in [-0.39, 0.29) is 0 Å². The molecule has 4 aromatic rings. The summed E-state index contributed by atoms with van der Waals surface area (Å²) in [6.07, 6.45) is 1.80. The van der Waals surface area contributed by atoms with Gasteiger partial charge in [0, 0.05) is 10.3 Å². The summed E-state index contributed by atoms with van der Waals surface area (Å²) in [5, 5.41) is 3.20. The van der Waals surface area contributed by atoms with Crippen LogP contribution in [0.15, 0.2) is 41.9 Å². The summed E-state index contributed by atoms with van der Waals surface area (Å²) >= 11 is 1.75. The van der Waals surface area contributed by atoms with Crippen molar-refractivity contribution in [1.29, 1.82) is 0 Å². The van der Waals surface area contributed by atoms with E-state index < -0.39 is 0 Å². The van der Waals surface area contributed by atoms with Crippen LogP contribution in [0.1, 0.15) is 10.4 Å². The maximum Gasteiger partial charge on any atom is 0.201 e. The molecule has 3 heterocycles. The van der Waals surface area contributed by atoms with Crippen LogP contribution < -0.4 is 5.73 Å². The molecule has 0 aliphatic carbocycles. The van der Waals surface area contributed by atoms with E-state index >= 15 is 0 Å². The molecule has 0 aliphatic heterocycles. The molecule has 4 rings (SSSR count). The number of hydrogen-bond donors (Lipinski definition) is 1. The van der Waals surface area contributed by atoms with E-state index in [1.807, 2.05) is 18.2 Å². The number of hydrogen-bond acceptors (Lipinski definition) is 4. The lowest BCUT2D eigenvalue weighted by Gasteiger charge is -2.07. The summed E-state index contributed by atoms with van der Waals surface area (Å²) in [5.74, 6) is 0.538. The fourth-order valence-corrected chi connectivity index (χ4v) is 3.54. The lowest BCUT2D eigenvalue weighted by Crippen LogP contribution is -2.04. The average Bonchev–Trinajstić information content (AvgIpc) is 3.04. The highest BCUT2D eigenvalue weighted by atomic mass is 32.1. The van der Waals surface area contributed by atoms with Crippen LogP contribution in [0.2, 0.25) is 0 Å². The largest absolute Gasteiger partial charge is 0.369 e. The molecule has 0 amide bonds. The van der Waals surface area contributed by atoms with Gasteiger partial charge in [0.05, 0.1) is 23.8 Å². The fraction of sp³-hybridized carbons (Fsp3) is 0.125. The maximum absolute atomic E-state index is 6.14. The van der Waals surface area contributed by atoms with Gasteiger partial charge in [0.25, 0.3) is 0 Å². The molecule has 1 aromatic carbocycles. The molecule has 0 saturated heterocycles. The van der Waals surface area contributed by atoms with Crippen molar-refractivity contribution in [2.45, 2.75) is 13.5 Å². The van der Waals surface area contributed by atoms with Crippen LogP contribution in [0.3, 0.4) is 0 Å². The second-order valence-corrected chi connectivity index (χ2v) is 6.09. The minimum absolute atomic E-state index is 0.538. The summed E-state index contributed by atoms with van der Waals surface area (Å²) in [6, 6.07) is 10.2. The number of anilines is 1. The number of aryl methyl sites for hydroxylation is 1. The fourth-order valence-electron chi connectivity index (χ4n) is 2.65. The van der Waals surface area contributed by atoms with Crippen LogP contribution >= 0.6 is 11.3 Å². The van der Waals surface area contributed by atoms with Crippen LogP contribution in [-0.4, -0.2) is 14.5 Å². The van der Waals surface area contributed by atoms with Gasteiger partial charge in [0.15, 0.2) is 0 Å². The first-order valence-electron chi connectivity index (χ1n) is 6.76. The maximum atomic E-state index is 6.14. The molecule has 5 heteroatoms. The predicted octanol–water partition coefficient (Wildman–Crippen LogP) is 3.58. The molecule has 0 fully saturated rings. The van der Waals surface area contributed by atoms with Crippen molar-refractivity contribution in [1.82, 2.24) is 14.5 Å². The van der Waals surface area contributed by atoms with Gasteiger partial charge in [0.1, 0.15) is 5.52 Å². The zero-order valence-corrected chi connectivity index (χ0v) is 12.4. The van der Waals surface area contributed by atoms with Gasteiger partial charge < -0.3 is 10.3 Å². The average molecular weight is 294 g/mol. The van der Waals surface area contributed by atoms with Gasteiger partial charge in [0.2, 0.25) is 5.95 Å². The Morgan fingerprint density at radius 2 is 2.05 bits per heavy atom. The Morgan fingerprint density at radius 3 is 2.86 bits per heavy atom. The third-order valence-electron chi connectivity index (χ3n) is 3.78. The first-order valence-corrected chi connectivity index (χ1v) is 7.64. The van der Waals surface area contributed by atoms with Crippen LogP contribution in [0, 0.1) is 6.92 Å². The van der Waals surface area contributed by atoms with E-state index in [1.165, 1.54) is 10.4 Å². The number of fused-ring (bicyclic) bond motifs is 3. The number of thiophene rings is 1. The molecule has 0 saturated carbocycles. The molecule has 0 aliphatic rings. The van der Waals surface area contributed by atoms with Crippen molar-refractivity contribution < 1.29 is 0 Å². The molecule has 0 spiro atoms. The van der Waals surface area contributed by atoms with Gasteiger partial charge >= 0.3 is 0 Å². The van der Waals surface area contributed by atoms with Crippen molar-refractivity contribution in [3.63, 3.8) is 0 Å². The van der Waals surface area contributed by atoms with Crippen LogP contribution in [0.4, 0.5) is 5.95 Å². The number of para-hydroxylation sites is 1. The van der Waals surface area contributed by atoms with Gasteiger partial charge in [-0.3, -0.25) is 4.98 Å². The van der Waals surface area contributed by atoms with Crippen molar-refractivity contribution >= 4 is 39.2 Å². The first kappa shape index (κ1) is 12.3. The SMILES string of the molecule is Cc1ccsc1Cn1c(N)nc2cnc3ccccc3c21. The van der Waals surface area contributed by atoms with Crippen molar-refractivity contribution in [2.24, 2.45) is 0 Å². The number of benzene rings is 1. The van der Waals surface area contributed by atoms with Gasteiger partial charge in [-0.1, -0.05) is 18.2 Å². The number of aromatic nitrogens is 3. The second kappa shape index (κ2) is 4.56. The molecule has 3 aromatic heterocycles. The van der Waals surface area contributed by atoms with E-state index in [0.29, 0.717) is 5.95 Å². The highest BCUT2D eigenvalue weighted by molar-refractivity contribution is 7.10. The molecule has 104 valence electrons. The summed E-state index contributed by atoms with van der Waals surface area (Å²) < 4.78 is 2.08. The second-order valence-electron chi connectivity index (χ2n) is 5.09. The Kier molecular flexibility index (Phi) is 2.68. The number of pyridine rings is 1. The number of nitrogens with zero attached hydrogens (tertiary/aromatic N) is 3. The van der Waals surface area contributed by atoms with E-state index in [9.17, 15) is 0 Å². The Hall–Kier alpha value is -2.40. The minimum Gasteiger partial charge on any atom is -0.369 e. The third-order valence-corrected chi connectivity index (χ3v) is 4.79. The number of imidazole rings is 1. The smallest absolute Gasteiger partial charge is 0.201 e. The number of rotatable bonds is 2. The van der Waals surface area contributed by atoms with Crippen LogP contribution in [0.5, 0.6) is 0 Å². The van der Waals surface area contributed by atoms with Gasteiger partial charge in [-0.15, -0.1) is 11.3 Å². The topological polar surface area (TPSA) is 56.7 Å². The van der Waals surface area contributed by atoms with E-state index in [1.54, 1.807) is 17.5 Å². The molecule has 0 radical (unpaired) electrons. The first-order chi connectivity index (χ1) is 10.2. The van der Waals surface area contributed by atoms with Crippen molar-refractivity contribution in [3.05, 3.63) is 52.3 Å². The quantitative estimate of drug-likeness (QED) is 0.614. The van der Waals surface area contributed by atoms with Crippen LogP contribution in [-0.2, 0) is 6.54 Å². The number of nitrogens with two attached hydrogens (primary N) is 1. The predicted molar refractivity (Wildman–Crippen MR) is 87.6 cm³/mol. The number of nitrogen functional groups attached to an aromatic ring is 1. The van der Waals surface area contributed by atoms with E-state index in [0.717, 1.165) is 28.5 Å². The summed E-state index contributed by atoms with van der Waals surface area (Å²) in [7, 11) is 0. The Balaban J connectivity index is 2.01. The molecule has 2 N–H and O–H groups in total. The lowest BCUT2D eigenvalue weighted by atomic mass is 10.2. The lowest BCUT2D eigenvalue weighted by molar-refractivity contribution is 0.850. The van der Waals surface area contributed by atoms with Crippen LogP contribution in [0.25, 0.3) is 21.9 Å². The highest BCUT2D eigenvalue weighted by Crippen LogP contribution is 2.28. The summed E-state index contributed by atoms with van der Waals surface area (Å²) in [6.45, 7) is 2.88. The van der Waals surface area contributed by atoms with E-state index in [4.69, 9.17) is 5.73 Å². The highest BCUT2D eigenvalue weighted by Gasteiger charge is 2.13.